The van der Waals surface area contributed by atoms with Gasteiger partial charge in [0, 0.05) is 46.8 Å². The summed E-state index contributed by atoms with van der Waals surface area (Å²) in [5.41, 5.74) is 1.37. The number of carbonyl (C=O) groups excluding carboxylic acids is 1. The molecule has 9 heteroatoms. The molecular formula is C20H23Cl2N3O3S. The number of hydrogen-bond acceptors (Lipinski definition) is 4. The number of halogens is 2. The predicted molar refractivity (Wildman–Crippen MR) is 115 cm³/mol. The van der Waals surface area contributed by atoms with Gasteiger partial charge in [0.2, 0.25) is 10.0 Å². The van der Waals surface area contributed by atoms with Crippen molar-refractivity contribution in [1.29, 1.82) is 0 Å². The highest BCUT2D eigenvalue weighted by Crippen LogP contribution is 2.31. The van der Waals surface area contributed by atoms with Crippen molar-refractivity contribution in [3.05, 3.63) is 63.6 Å². The van der Waals surface area contributed by atoms with Gasteiger partial charge in [-0.2, -0.15) is 0 Å². The molecule has 1 aliphatic rings. The summed E-state index contributed by atoms with van der Waals surface area (Å²) in [6.07, 6.45) is 0. The van der Waals surface area contributed by atoms with E-state index in [-0.39, 0.29) is 26.4 Å². The standard InChI is InChI=1S/C20H23Cl2N3O3S/c1-23(2)29(27,28)19-12-16(17(21)13-18(19)22)20(26)25-10-8-24(9-11-25)14-15-6-4-3-5-7-15/h3-7,12-13H,8-11,14H2,1-2H3. The van der Waals surface area contributed by atoms with Crippen molar-refractivity contribution in [2.75, 3.05) is 40.3 Å². The molecule has 0 radical (unpaired) electrons. The first kappa shape index (κ1) is 22.1. The molecule has 0 spiro atoms. The van der Waals surface area contributed by atoms with Crippen LogP contribution in [-0.2, 0) is 16.6 Å². The Morgan fingerprint density at radius 3 is 2.21 bits per heavy atom. The number of carbonyl (C=O) groups is 1. The van der Waals surface area contributed by atoms with Gasteiger partial charge < -0.3 is 4.90 Å². The van der Waals surface area contributed by atoms with E-state index in [2.05, 4.69) is 17.0 Å². The van der Waals surface area contributed by atoms with Crippen molar-refractivity contribution in [2.24, 2.45) is 0 Å². The Hall–Kier alpha value is -1.64. The van der Waals surface area contributed by atoms with Gasteiger partial charge in [-0.15, -0.1) is 0 Å². The number of piperazine rings is 1. The van der Waals surface area contributed by atoms with Crippen LogP contribution in [-0.4, -0.2) is 68.7 Å². The van der Waals surface area contributed by atoms with Gasteiger partial charge in [0.1, 0.15) is 4.90 Å². The summed E-state index contributed by atoms with van der Waals surface area (Å²) in [4.78, 5) is 16.9. The molecule has 1 aliphatic heterocycles. The molecule has 156 valence electrons. The summed E-state index contributed by atoms with van der Waals surface area (Å²) in [7, 11) is -0.970. The van der Waals surface area contributed by atoms with Crippen molar-refractivity contribution < 1.29 is 13.2 Å². The van der Waals surface area contributed by atoms with Crippen molar-refractivity contribution in [3.8, 4) is 0 Å². The summed E-state index contributed by atoms with van der Waals surface area (Å²) >= 11 is 12.3. The Balaban J connectivity index is 1.74. The number of hydrogen-bond donors (Lipinski definition) is 0. The highest BCUT2D eigenvalue weighted by Gasteiger charge is 2.28. The topological polar surface area (TPSA) is 60.9 Å². The molecule has 6 nitrogen and oxygen atoms in total. The van der Waals surface area contributed by atoms with Crippen molar-refractivity contribution in [3.63, 3.8) is 0 Å². The van der Waals surface area contributed by atoms with E-state index in [0.29, 0.717) is 13.1 Å². The molecule has 0 unspecified atom stereocenters. The largest absolute Gasteiger partial charge is 0.336 e. The van der Waals surface area contributed by atoms with Gasteiger partial charge in [0.15, 0.2) is 0 Å². The average Bonchev–Trinajstić information content (AvgIpc) is 2.68. The van der Waals surface area contributed by atoms with Crippen LogP contribution in [0.25, 0.3) is 0 Å². The van der Waals surface area contributed by atoms with Gasteiger partial charge in [-0.25, -0.2) is 12.7 Å². The van der Waals surface area contributed by atoms with Crippen molar-refractivity contribution in [1.82, 2.24) is 14.1 Å². The van der Waals surface area contributed by atoms with Crippen LogP contribution in [0.3, 0.4) is 0 Å². The normalized spacial score (nSPS) is 15.7. The molecule has 3 rings (SSSR count). The molecule has 0 aliphatic carbocycles. The van der Waals surface area contributed by atoms with E-state index in [1.807, 2.05) is 18.2 Å². The lowest BCUT2D eigenvalue weighted by atomic mass is 10.1. The maximum absolute atomic E-state index is 13.0. The number of rotatable bonds is 5. The SMILES string of the molecule is CN(C)S(=O)(=O)c1cc(C(=O)N2CCN(Cc3ccccc3)CC2)c(Cl)cc1Cl. The summed E-state index contributed by atoms with van der Waals surface area (Å²) < 4.78 is 26.1. The number of nitrogens with zero attached hydrogens (tertiary/aromatic N) is 3. The molecule has 1 heterocycles. The fourth-order valence-corrected chi connectivity index (χ4v) is 4.93. The molecule has 2 aromatic carbocycles. The lowest BCUT2D eigenvalue weighted by molar-refractivity contribution is 0.0628. The van der Waals surface area contributed by atoms with Gasteiger partial charge >= 0.3 is 0 Å². The fraction of sp³-hybridized carbons (Fsp3) is 0.350. The Kier molecular flexibility index (Phi) is 6.86. The highest BCUT2D eigenvalue weighted by atomic mass is 35.5. The molecule has 0 bridgehead atoms. The number of benzene rings is 2. The summed E-state index contributed by atoms with van der Waals surface area (Å²) in [6, 6.07) is 12.8. The van der Waals surface area contributed by atoms with E-state index in [1.54, 1.807) is 4.90 Å². The maximum atomic E-state index is 13.0. The van der Waals surface area contributed by atoms with E-state index in [0.717, 1.165) is 23.9 Å². The first-order chi connectivity index (χ1) is 13.7. The smallest absolute Gasteiger partial charge is 0.255 e. The summed E-state index contributed by atoms with van der Waals surface area (Å²) in [5.74, 6) is -0.291. The van der Waals surface area contributed by atoms with Crippen LogP contribution in [0.5, 0.6) is 0 Å². The minimum atomic E-state index is -3.79. The van der Waals surface area contributed by atoms with Crippen LogP contribution >= 0.6 is 23.2 Å². The molecule has 29 heavy (non-hydrogen) atoms. The van der Waals surface area contributed by atoms with E-state index < -0.39 is 10.0 Å². The Labute approximate surface area is 181 Å². The van der Waals surface area contributed by atoms with Crippen LogP contribution in [0.2, 0.25) is 10.0 Å². The third-order valence-electron chi connectivity index (χ3n) is 4.92. The molecule has 1 fully saturated rings. The van der Waals surface area contributed by atoms with Crippen LogP contribution < -0.4 is 0 Å². The van der Waals surface area contributed by atoms with Crippen molar-refractivity contribution in [2.45, 2.75) is 11.4 Å². The van der Waals surface area contributed by atoms with E-state index in [9.17, 15) is 13.2 Å². The quantitative estimate of drug-likeness (QED) is 0.694. The molecule has 0 atom stereocenters. The van der Waals surface area contributed by atoms with E-state index >= 15 is 0 Å². The second-order valence-corrected chi connectivity index (χ2v) is 10.0. The average molecular weight is 456 g/mol. The summed E-state index contributed by atoms with van der Waals surface area (Å²) in [6.45, 7) is 3.37. The second kappa shape index (κ2) is 9.02. The molecule has 2 aromatic rings. The van der Waals surface area contributed by atoms with E-state index in [4.69, 9.17) is 23.2 Å². The van der Waals surface area contributed by atoms with Gasteiger partial charge in [-0.1, -0.05) is 53.5 Å². The Morgan fingerprint density at radius 2 is 1.62 bits per heavy atom. The highest BCUT2D eigenvalue weighted by molar-refractivity contribution is 7.89. The monoisotopic (exact) mass is 455 g/mol. The van der Waals surface area contributed by atoms with Gasteiger partial charge in [-0.3, -0.25) is 9.69 Å². The lowest BCUT2D eigenvalue weighted by Crippen LogP contribution is -2.48. The Morgan fingerprint density at radius 1 is 1.00 bits per heavy atom. The first-order valence-corrected chi connectivity index (χ1v) is 11.4. The Bertz CT molecular complexity index is 990. The van der Waals surface area contributed by atoms with Crippen LogP contribution in [0.15, 0.2) is 47.4 Å². The van der Waals surface area contributed by atoms with Gasteiger partial charge in [-0.05, 0) is 17.7 Å². The lowest BCUT2D eigenvalue weighted by Gasteiger charge is -2.35. The fourth-order valence-electron chi connectivity index (χ4n) is 3.21. The zero-order valence-corrected chi connectivity index (χ0v) is 18.6. The van der Waals surface area contributed by atoms with Crippen LogP contribution in [0.4, 0.5) is 0 Å². The first-order valence-electron chi connectivity index (χ1n) is 9.17. The van der Waals surface area contributed by atoms with E-state index in [1.165, 1.54) is 31.8 Å². The maximum Gasteiger partial charge on any atom is 0.255 e. The minimum absolute atomic E-state index is 0.00655. The number of sulfonamides is 1. The molecular weight excluding hydrogens is 433 g/mol. The van der Waals surface area contributed by atoms with Crippen LogP contribution in [0.1, 0.15) is 15.9 Å². The molecule has 1 saturated heterocycles. The van der Waals surface area contributed by atoms with Gasteiger partial charge in [0.25, 0.3) is 5.91 Å². The molecule has 0 aromatic heterocycles. The zero-order valence-electron chi connectivity index (χ0n) is 16.3. The molecule has 1 amide bonds. The number of amides is 1. The third kappa shape index (κ3) is 4.92. The predicted octanol–water partition coefficient (Wildman–Crippen LogP) is 3.20. The van der Waals surface area contributed by atoms with Gasteiger partial charge in [0.05, 0.1) is 15.6 Å². The third-order valence-corrected chi connectivity index (χ3v) is 7.51. The minimum Gasteiger partial charge on any atom is -0.336 e. The summed E-state index contributed by atoms with van der Waals surface area (Å²) in [5, 5.41) is 0.136. The second-order valence-electron chi connectivity index (χ2n) is 7.10. The van der Waals surface area contributed by atoms with Crippen LogP contribution in [0, 0.1) is 0 Å². The zero-order chi connectivity index (χ0) is 21.2. The molecule has 0 saturated carbocycles. The molecule has 0 N–H and O–H groups in total. The van der Waals surface area contributed by atoms with Crippen molar-refractivity contribution >= 4 is 39.1 Å².